The molecule has 0 amide bonds. The molecule has 1 aromatic carbocycles. The second kappa shape index (κ2) is 7.64. The Morgan fingerprint density at radius 3 is 2.46 bits per heavy atom. The van der Waals surface area contributed by atoms with Crippen LogP contribution in [-0.4, -0.2) is 32.6 Å². The van der Waals surface area contributed by atoms with Crippen LogP contribution in [0.15, 0.2) is 35.4 Å². The highest BCUT2D eigenvalue weighted by Crippen LogP contribution is 2.36. The van der Waals surface area contributed by atoms with Crippen LogP contribution in [0.25, 0.3) is 10.4 Å². The van der Waals surface area contributed by atoms with Crippen LogP contribution in [0.5, 0.6) is 11.6 Å². The molecule has 2 aromatic heterocycles. The van der Waals surface area contributed by atoms with Crippen LogP contribution in [0, 0.1) is 13.8 Å². The van der Waals surface area contributed by atoms with Gasteiger partial charge in [-0.15, -0.1) is 0 Å². The summed E-state index contributed by atoms with van der Waals surface area (Å²) in [5.41, 5.74) is 8.23. The van der Waals surface area contributed by atoms with Gasteiger partial charge in [0.05, 0.1) is 36.7 Å². The van der Waals surface area contributed by atoms with Crippen LogP contribution in [0.3, 0.4) is 0 Å². The van der Waals surface area contributed by atoms with Crippen molar-refractivity contribution < 1.29 is 17.9 Å². The lowest BCUT2D eigenvalue weighted by atomic mass is 10.1. The number of pyridine rings is 1. The zero-order chi connectivity index (χ0) is 20.5. The highest BCUT2D eigenvalue weighted by molar-refractivity contribution is 7.92. The molecule has 3 rings (SSSR count). The van der Waals surface area contributed by atoms with Gasteiger partial charge >= 0.3 is 0 Å². The van der Waals surface area contributed by atoms with Gasteiger partial charge in [0.1, 0.15) is 10.6 Å². The topological polar surface area (TPSA) is 116 Å². The number of ether oxygens (including phenoxy) is 2. The summed E-state index contributed by atoms with van der Waals surface area (Å²) in [7, 11) is -1.01. The molecule has 0 aliphatic rings. The predicted molar refractivity (Wildman–Crippen MR) is 110 cm³/mol. The third-order valence-electron chi connectivity index (χ3n) is 4.00. The Labute approximate surface area is 167 Å². The summed E-state index contributed by atoms with van der Waals surface area (Å²) in [5.74, 6) is 0.658. The molecular formula is C18H20N4O4S2. The van der Waals surface area contributed by atoms with Gasteiger partial charge < -0.3 is 15.2 Å². The summed E-state index contributed by atoms with van der Waals surface area (Å²) in [6.45, 7) is 3.60. The molecule has 3 aromatic rings. The Morgan fingerprint density at radius 2 is 1.89 bits per heavy atom. The molecule has 0 atom stereocenters. The van der Waals surface area contributed by atoms with Crippen LogP contribution in [-0.2, 0) is 10.0 Å². The third-order valence-corrected chi connectivity index (χ3v) is 6.44. The number of methoxy groups -OCH3 is 2. The molecule has 148 valence electrons. The monoisotopic (exact) mass is 420 g/mol. The number of nitrogen functional groups attached to an aromatic ring is 1. The molecule has 10 heteroatoms. The molecule has 8 nitrogen and oxygen atoms in total. The first-order valence-electron chi connectivity index (χ1n) is 8.20. The lowest BCUT2D eigenvalue weighted by molar-refractivity contribution is 0.394. The smallest absolute Gasteiger partial charge is 0.265 e. The molecule has 0 aliphatic heterocycles. The molecule has 28 heavy (non-hydrogen) atoms. The lowest BCUT2D eigenvalue weighted by Gasteiger charge is -2.13. The van der Waals surface area contributed by atoms with Gasteiger partial charge in [0, 0.05) is 5.56 Å². The van der Waals surface area contributed by atoms with Crippen molar-refractivity contribution in [2.45, 2.75) is 18.7 Å². The first-order chi connectivity index (χ1) is 13.2. The Kier molecular flexibility index (Phi) is 5.43. The minimum Gasteiger partial charge on any atom is -0.495 e. The maximum atomic E-state index is 13.0. The molecule has 0 saturated heterocycles. The van der Waals surface area contributed by atoms with E-state index in [1.54, 1.807) is 31.2 Å². The van der Waals surface area contributed by atoms with Crippen LogP contribution in [0.1, 0.15) is 11.3 Å². The predicted octanol–water partition coefficient (Wildman–Crippen LogP) is 3.22. The summed E-state index contributed by atoms with van der Waals surface area (Å²) in [6, 6.07) is 6.58. The first kappa shape index (κ1) is 19.9. The number of anilines is 2. The SMILES string of the molecule is COc1ccc(-c2sc(N)nc2C)cc1S(=O)(=O)Nc1cnc(OC)c(C)c1. The van der Waals surface area contributed by atoms with E-state index in [2.05, 4.69) is 14.7 Å². The van der Waals surface area contributed by atoms with Crippen LogP contribution < -0.4 is 19.9 Å². The number of thiazole rings is 1. The second-order valence-corrected chi connectivity index (χ2v) is 8.67. The van der Waals surface area contributed by atoms with Crippen LogP contribution in [0.2, 0.25) is 0 Å². The van der Waals surface area contributed by atoms with E-state index in [9.17, 15) is 8.42 Å². The van der Waals surface area contributed by atoms with Gasteiger partial charge in [-0.1, -0.05) is 11.3 Å². The Bertz CT molecular complexity index is 1130. The van der Waals surface area contributed by atoms with Gasteiger partial charge in [-0.3, -0.25) is 4.72 Å². The summed E-state index contributed by atoms with van der Waals surface area (Å²) >= 11 is 1.30. The van der Waals surface area contributed by atoms with Gasteiger partial charge in [0.25, 0.3) is 10.0 Å². The fraction of sp³-hybridized carbons (Fsp3) is 0.222. The van der Waals surface area contributed by atoms with Crippen molar-refractivity contribution in [3.63, 3.8) is 0 Å². The first-order valence-corrected chi connectivity index (χ1v) is 10.5. The molecule has 0 aliphatic carbocycles. The minimum absolute atomic E-state index is 0.00680. The van der Waals surface area contributed by atoms with Crippen molar-refractivity contribution in [1.82, 2.24) is 9.97 Å². The molecule has 3 N–H and O–H groups in total. The van der Waals surface area contributed by atoms with Crippen LogP contribution in [0.4, 0.5) is 10.8 Å². The fourth-order valence-electron chi connectivity index (χ4n) is 2.75. The van der Waals surface area contributed by atoms with E-state index in [0.717, 1.165) is 10.6 Å². The largest absolute Gasteiger partial charge is 0.495 e. The number of aromatic nitrogens is 2. The molecule has 0 unspecified atom stereocenters. The Balaban J connectivity index is 2.04. The third kappa shape index (κ3) is 3.87. The van der Waals surface area contributed by atoms with E-state index in [1.807, 2.05) is 6.92 Å². The lowest BCUT2D eigenvalue weighted by Crippen LogP contribution is -2.14. The van der Waals surface area contributed by atoms with Gasteiger partial charge in [0.15, 0.2) is 5.13 Å². The van der Waals surface area contributed by atoms with E-state index < -0.39 is 10.0 Å². The molecule has 0 bridgehead atoms. The summed E-state index contributed by atoms with van der Waals surface area (Å²) in [6.07, 6.45) is 1.40. The number of nitrogens with zero attached hydrogens (tertiary/aromatic N) is 2. The normalized spacial score (nSPS) is 11.3. The van der Waals surface area contributed by atoms with E-state index >= 15 is 0 Å². The molecular weight excluding hydrogens is 400 g/mol. The van der Waals surface area contributed by atoms with Crippen molar-refractivity contribution in [3.05, 3.63) is 41.7 Å². The van der Waals surface area contributed by atoms with Gasteiger partial charge in [-0.05, 0) is 43.7 Å². The average Bonchev–Trinajstić information content (AvgIpc) is 2.99. The number of hydrogen-bond donors (Lipinski definition) is 2. The van der Waals surface area contributed by atoms with Gasteiger partial charge in [0.2, 0.25) is 5.88 Å². The Hall–Kier alpha value is -2.85. The number of aryl methyl sites for hydroxylation is 2. The van der Waals surface area contributed by atoms with E-state index in [0.29, 0.717) is 27.8 Å². The van der Waals surface area contributed by atoms with E-state index in [4.69, 9.17) is 15.2 Å². The van der Waals surface area contributed by atoms with Crippen molar-refractivity contribution in [1.29, 1.82) is 0 Å². The quantitative estimate of drug-likeness (QED) is 0.629. The molecule has 2 heterocycles. The summed E-state index contributed by atoms with van der Waals surface area (Å²) < 4.78 is 39.0. The maximum Gasteiger partial charge on any atom is 0.265 e. The molecule has 0 saturated carbocycles. The number of rotatable bonds is 6. The number of sulfonamides is 1. The van der Waals surface area contributed by atoms with Crippen molar-refractivity contribution >= 4 is 32.2 Å². The number of benzene rings is 1. The molecule has 0 fully saturated rings. The number of hydrogen-bond acceptors (Lipinski definition) is 8. The fourth-order valence-corrected chi connectivity index (χ4v) is 4.82. The van der Waals surface area contributed by atoms with Crippen molar-refractivity contribution in [3.8, 4) is 22.1 Å². The van der Waals surface area contributed by atoms with Gasteiger partial charge in [-0.25, -0.2) is 18.4 Å². The minimum atomic E-state index is -3.93. The summed E-state index contributed by atoms with van der Waals surface area (Å²) in [5, 5.41) is 0.422. The highest BCUT2D eigenvalue weighted by atomic mass is 32.2. The average molecular weight is 421 g/mol. The zero-order valence-electron chi connectivity index (χ0n) is 15.8. The van der Waals surface area contributed by atoms with Crippen molar-refractivity contribution in [2.24, 2.45) is 0 Å². The van der Waals surface area contributed by atoms with E-state index in [1.165, 1.54) is 31.8 Å². The highest BCUT2D eigenvalue weighted by Gasteiger charge is 2.22. The molecule has 0 radical (unpaired) electrons. The zero-order valence-corrected chi connectivity index (χ0v) is 17.4. The second-order valence-electron chi connectivity index (χ2n) is 5.99. The Morgan fingerprint density at radius 1 is 1.14 bits per heavy atom. The van der Waals surface area contributed by atoms with Crippen molar-refractivity contribution in [2.75, 3.05) is 24.7 Å². The number of nitrogens with two attached hydrogens (primary N) is 1. The van der Waals surface area contributed by atoms with E-state index in [-0.39, 0.29) is 10.6 Å². The van der Waals surface area contributed by atoms with Gasteiger partial charge in [-0.2, -0.15) is 0 Å². The standard InChI is InChI=1S/C18H20N4O4S2/c1-10-7-13(9-20-17(10)26-4)22-28(23,24)15-8-12(5-6-14(15)25-3)16-11(2)21-18(19)27-16/h5-9,22H,1-4H3,(H2,19,21). The number of nitrogens with one attached hydrogen (secondary N) is 1. The summed E-state index contributed by atoms with van der Waals surface area (Å²) in [4.78, 5) is 9.10. The maximum absolute atomic E-state index is 13.0. The molecule has 0 spiro atoms. The van der Waals surface area contributed by atoms with Crippen LogP contribution >= 0.6 is 11.3 Å².